The number of carboxylic acids is 1. The summed E-state index contributed by atoms with van der Waals surface area (Å²) in [6, 6.07) is 28.6. The molecule has 0 unspecified atom stereocenters. The molecule has 0 saturated heterocycles. The number of aliphatic carboxylic acids is 1. The quantitative estimate of drug-likeness (QED) is 0.179. The zero-order valence-electron chi connectivity index (χ0n) is 27.8. The van der Waals surface area contributed by atoms with Crippen molar-refractivity contribution in [3.63, 3.8) is 0 Å². The second kappa shape index (κ2) is 11.9. The number of ether oxygens (including phenoxy) is 1. The van der Waals surface area contributed by atoms with Crippen molar-refractivity contribution in [2.24, 2.45) is 11.3 Å². The number of aryl methyl sites for hydroxylation is 1. The van der Waals surface area contributed by atoms with E-state index in [0.29, 0.717) is 17.6 Å². The molecular weight excluding hydrogens is 584 g/mol. The molecule has 4 aromatic carbocycles. The van der Waals surface area contributed by atoms with Crippen LogP contribution in [0.1, 0.15) is 76.0 Å². The van der Waals surface area contributed by atoms with E-state index >= 15 is 0 Å². The maximum Gasteiger partial charge on any atom is 0.341 e. The van der Waals surface area contributed by atoms with Crippen LogP contribution in [0.5, 0.6) is 11.5 Å². The van der Waals surface area contributed by atoms with Gasteiger partial charge >= 0.3 is 5.97 Å². The minimum absolute atomic E-state index is 0.0328. The van der Waals surface area contributed by atoms with Gasteiger partial charge in [-0.3, -0.25) is 0 Å². The van der Waals surface area contributed by atoms with Crippen LogP contribution in [-0.2, 0) is 23.2 Å². The van der Waals surface area contributed by atoms with Gasteiger partial charge in [-0.25, -0.2) is 9.78 Å². The number of carbonyl (C=O) groups is 1. The normalized spacial score (nSPS) is 22.2. The van der Waals surface area contributed by atoms with E-state index in [2.05, 4.69) is 68.7 Å². The summed E-state index contributed by atoms with van der Waals surface area (Å²) in [5, 5.41) is 19.4. The highest BCUT2D eigenvalue weighted by Crippen LogP contribution is 2.58. The summed E-state index contributed by atoms with van der Waals surface area (Å²) >= 11 is 0. The Hall–Kier alpha value is -4.58. The number of hydrogen-bond donors (Lipinski definition) is 2. The first-order valence-electron chi connectivity index (χ1n) is 16.9. The van der Waals surface area contributed by atoms with Crippen LogP contribution in [0.4, 0.5) is 0 Å². The van der Waals surface area contributed by atoms with Gasteiger partial charge in [0.1, 0.15) is 17.3 Å². The Morgan fingerprint density at radius 3 is 2.53 bits per heavy atom. The van der Waals surface area contributed by atoms with Gasteiger partial charge in [0.2, 0.25) is 0 Å². The Bertz CT molecular complexity index is 1980. The zero-order chi connectivity index (χ0) is 32.9. The average molecular weight is 629 g/mol. The lowest BCUT2D eigenvalue weighted by Crippen LogP contribution is -2.50. The number of carboxylic acid groups (broad SMARTS) is 1. The molecule has 0 bridgehead atoms. The van der Waals surface area contributed by atoms with Gasteiger partial charge in [0.05, 0.1) is 11.0 Å². The van der Waals surface area contributed by atoms with E-state index < -0.39 is 12.6 Å². The summed E-state index contributed by atoms with van der Waals surface area (Å²) in [5.41, 5.74) is 9.41. The van der Waals surface area contributed by atoms with Crippen molar-refractivity contribution in [3.8, 4) is 34.0 Å². The molecule has 6 nitrogen and oxygen atoms in total. The Morgan fingerprint density at radius 1 is 0.957 bits per heavy atom. The molecule has 7 rings (SSSR count). The second-order valence-electron chi connectivity index (χ2n) is 14.6. The number of imidazole rings is 1. The molecule has 1 fully saturated rings. The summed E-state index contributed by atoms with van der Waals surface area (Å²) in [6.45, 7) is 9.99. The molecule has 0 spiro atoms. The van der Waals surface area contributed by atoms with Crippen LogP contribution in [-0.4, -0.2) is 32.3 Å². The van der Waals surface area contributed by atoms with E-state index in [1.165, 1.54) is 30.4 Å². The monoisotopic (exact) mass is 628 g/mol. The fraction of sp³-hybridized carbons (Fsp3) is 0.366. The first-order chi connectivity index (χ1) is 22.5. The van der Waals surface area contributed by atoms with Crippen molar-refractivity contribution < 1.29 is 19.7 Å². The SMILES string of the molecule is CC(C)c1ccc2c(c1)CC[C@H]1[C@](C)(Cn3c(-c4cccc(OCC(=O)O)c4)nc4cc(-c5cccc(O)c5)ccc43)CCC[C@]21C. The lowest BCUT2D eigenvalue weighted by molar-refractivity contribution is -0.139. The molecule has 1 aromatic heterocycles. The van der Waals surface area contributed by atoms with Gasteiger partial charge in [0.15, 0.2) is 6.61 Å². The number of benzene rings is 4. The third-order valence-corrected chi connectivity index (χ3v) is 11.1. The lowest BCUT2D eigenvalue weighted by Gasteiger charge is -2.56. The van der Waals surface area contributed by atoms with Gasteiger partial charge in [0.25, 0.3) is 0 Å². The van der Waals surface area contributed by atoms with Crippen LogP contribution in [0.15, 0.2) is 84.9 Å². The van der Waals surface area contributed by atoms with Gasteiger partial charge in [0, 0.05) is 12.1 Å². The molecule has 242 valence electrons. The van der Waals surface area contributed by atoms with Gasteiger partial charge in [-0.2, -0.15) is 0 Å². The molecule has 2 aliphatic carbocycles. The van der Waals surface area contributed by atoms with E-state index in [0.717, 1.165) is 52.9 Å². The molecule has 6 heteroatoms. The highest BCUT2D eigenvalue weighted by Gasteiger charge is 2.52. The third-order valence-electron chi connectivity index (χ3n) is 11.1. The van der Waals surface area contributed by atoms with E-state index in [9.17, 15) is 15.0 Å². The van der Waals surface area contributed by atoms with Crippen molar-refractivity contribution in [1.29, 1.82) is 0 Å². The fourth-order valence-electron chi connectivity index (χ4n) is 8.80. The van der Waals surface area contributed by atoms with E-state index in [-0.39, 0.29) is 16.6 Å². The number of hydrogen-bond acceptors (Lipinski definition) is 4. The smallest absolute Gasteiger partial charge is 0.341 e. The van der Waals surface area contributed by atoms with Crippen molar-refractivity contribution in [3.05, 3.63) is 102 Å². The maximum atomic E-state index is 11.2. The summed E-state index contributed by atoms with van der Waals surface area (Å²) in [6.07, 6.45) is 5.81. The molecular formula is C41H44N2O4. The molecule has 3 atom stereocenters. The van der Waals surface area contributed by atoms with Crippen LogP contribution in [0.3, 0.4) is 0 Å². The molecule has 2 aliphatic rings. The summed E-state index contributed by atoms with van der Waals surface area (Å²) in [5.74, 6) is 1.62. The zero-order valence-corrected chi connectivity index (χ0v) is 27.8. The first-order valence-corrected chi connectivity index (χ1v) is 16.9. The van der Waals surface area contributed by atoms with E-state index in [1.54, 1.807) is 23.8 Å². The number of phenols is 1. The molecule has 5 aromatic rings. The highest BCUT2D eigenvalue weighted by molar-refractivity contribution is 5.86. The van der Waals surface area contributed by atoms with Gasteiger partial charge in [-0.1, -0.05) is 82.6 Å². The number of rotatable bonds is 8. The summed E-state index contributed by atoms with van der Waals surface area (Å²) in [7, 11) is 0. The van der Waals surface area contributed by atoms with Crippen LogP contribution in [0.2, 0.25) is 0 Å². The van der Waals surface area contributed by atoms with Crippen molar-refractivity contribution >= 4 is 17.0 Å². The van der Waals surface area contributed by atoms with Gasteiger partial charge < -0.3 is 19.5 Å². The van der Waals surface area contributed by atoms with Crippen LogP contribution >= 0.6 is 0 Å². The summed E-state index contributed by atoms with van der Waals surface area (Å²) < 4.78 is 7.97. The Labute approximate surface area is 277 Å². The van der Waals surface area contributed by atoms with Gasteiger partial charge in [-0.15, -0.1) is 0 Å². The molecule has 0 radical (unpaired) electrons. The van der Waals surface area contributed by atoms with E-state index in [4.69, 9.17) is 9.72 Å². The molecule has 2 N–H and O–H groups in total. The molecule has 1 heterocycles. The predicted molar refractivity (Wildman–Crippen MR) is 187 cm³/mol. The Balaban J connectivity index is 1.32. The van der Waals surface area contributed by atoms with E-state index in [1.807, 2.05) is 30.3 Å². The molecule has 47 heavy (non-hydrogen) atoms. The van der Waals surface area contributed by atoms with Crippen LogP contribution < -0.4 is 4.74 Å². The number of aromatic hydroxyl groups is 1. The van der Waals surface area contributed by atoms with Crippen molar-refractivity contribution in [2.75, 3.05) is 6.61 Å². The number of fused-ring (bicyclic) bond motifs is 4. The van der Waals surface area contributed by atoms with Crippen molar-refractivity contribution in [1.82, 2.24) is 9.55 Å². The minimum Gasteiger partial charge on any atom is -0.508 e. The van der Waals surface area contributed by atoms with Crippen LogP contribution in [0.25, 0.3) is 33.5 Å². The largest absolute Gasteiger partial charge is 0.508 e. The molecule has 0 amide bonds. The number of phenolic OH excluding ortho intramolecular Hbond substituents is 1. The third kappa shape index (κ3) is 5.68. The Kier molecular flexibility index (Phi) is 7.86. The number of aromatic nitrogens is 2. The number of nitrogens with zero attached hydrogens (tertiary/aromatic N) is 2. The Morgan fingerprint density at radius 2 is 1.74 bits per heavy atom. The van der Waals surface area contributed by atoms with Crippen molar-refractivity contribution in [2.45, 2.75) is 77.7 Å². The lowest BCUT2D eigenvalue weighted by atomic mass is 9.49. The predicted octanol–water partition coefficient (Wildman–Crippen LogP) is 9.37. The standard InChI is InChI=1S/C41H44N2O4/c1-26(2)27-12-15-34-30(20-27)14-17-37-40(3,18-7-19-41(34,37)4)25-43-36-16-13-29(28-8-5-10-32(44)21-28)23-35(36)42-39(43)31-9-6-11-33(22-31)47-24-38(45)46/h5-6,8-13,15-16,20-23,26,37,44H,7,14,17-19,24-25H2,1-4H3,(H,45,46)/t37-,40-,41+/m0/s1. The first kappa shape index (κ1) is 31.0. The fourth-order valence-corrected chi connectivity index (χ4v) is 8.80. The molecule has 1 saturated carbocycles. The second-order valence-corrected chi connectivity index (χ2v) is 14.6. The highest BCUT2D eigenvalue weighted by atomic mass is 16.5. The van der Waals surface area contributed by atoms with Crippen LogP contribution in [0, 0.1) is 11.3 Å². The molecule has 0 aliphatic heterocycles. The maximum absolute atomic E-state index is 11.2. The topological polar surface area (TPSA) is 84.6 Å². The summed E-state index contributed by atoms with van der Waals surface area (Å²) in [4.78, 5) is 16.5. The van der Waals surface area contributed by atoms with Gasteiger partial charge in [-0.05, 0) is 113 Å². The average Bonchev–Trinajstić information content (AvgIpc) is 3.40. The minimum atomic E-state index is -1.01.